The number of benzene rings is 1. The molecule has 1 N–H and O–H groups in total. The van der Waals surface area contributed by atoms with Gasteiger partial charge in [0.25, 0.3) is 5.91 Å². The first-order valence-electron chi connectivity index (χ1n) is 8.42. The largest absolute Gasteiger partial charge is 0.341 e. The smallest absolute Gasteiger partial charge is 0.274 e. The van der Waals surface area contributed by atoms with Gasteiger partial charge in [0.05, 0.1) is 11.7 Å². The second kappa shape index (κ2) is 7.30. The maximum Gasteiger partial charge on any atom is 0.274 e. The van der Waals surface area contributed by atoms with E-state index in [0.717, 1.165) is 23.4 Å². The summed E-state index contributed by atoms with van der Waals surface area (Å²) < 4.78 is 0. The molecular weight excluding hydrogens is 312 g/mol. The third-order valence-electron chi connectivity index (χ3n) is 4.34. The molecule has 5 nitrogen and oxygen atoms in total. The number of nitrogens with zero attached hydrogens (tertiary/aromatic N) is 3. The fourth-order valence-electron chi connectivity index (χ4n) is 2.96. The number of imidazole rings is 1. The maximum absolute atomic E-state index is 13.0. The van der Waals surface area contributed by atoms with Gasteiger partial charge in [-0.3, -0.25) is 9.78 Å². The zero-order chi connectivity index (χ0) is 17.8. The number of H-pyrrole nitrogens is 1. The molecule has 0 bridgehead atoms. The van der Waals surface area contributed by atoms with Crippen LogP contribution in [0.4, 0.5) is 0 Å². The standard InChI is InChI=1S/C20H22N4O/c1-4-17(16-12-8-9-13-21-16)24(3)20(25)18-14(2)22-19(23-18)15-10-6-5-7-11-15/h5-13,17H,4H2,1-3H3,(H,22,23)/t17-/m1/s1. The zero-order valence-corrected chi connectivity index (χ0v) is 14.7. The van der Waals surface area contributed by atoms with Gasteiger partial charge in [-0.25, -0.2) is 4.98 Å². The van der Waals surface area contributed by atoms with E-state index >= 15 is 0 Å². The summed E-state index contributed by atoms with van der Waals surface area (Å²) in [4.78, 5) is 26.9. The van der Waals surface area contributed by atoms with Crippen LogP contribution in [0.3, 0.4) is 0 Å². The van der Waals surface area contributed by atoms with Gasteiger partial charge in [-0.15, -0.1) is 0 Å². The summed E-state index contributed by atoms with van der Waals surface area (Å²) in [7, 11) is 1.81. The van der Waals surface area contributed by atoms with Crippen LogP contribution < -0.4 is 0 Å². The summed E-state index contributed by atoms with van der Waals surface area (Å²) in [6.07, 6.45) is 2.54. The predicted molar refractivity (Wildman–Crippen MR) is 98.1 cm³/mol. The van der Waals surface area contributed by atoms with Crippen LogP contribution in [0, 0.1) is 6.92 Å². The molecule has 5 heteroatoms. The molecule has 1 amide bonds. The highest BCUT2D eigenvalue weighted by atomic mass is 16.2. The van der Waals surface area contributed by atoms with E-state index in [1.54, 1.807) is 11.1 Å². The van der Waals surface area contributed by atoms with Crippen molar-refractivity contribution in [2.24, 2.45) is 0 Å². The van der Waals surface area contributed by atoms with Crippen molar-refractivity contribution in [1.29, 1.82) is 0 Å². The van der Waals surface area contributed by atoms with Gasteiger partial charge in [-0.1, -0.05) is 43.3 Å². The summed E-state index contributed by atoms with van der Waals surface area (Å²) in [5.41, 5.74) is 3.07. The Kier molecular flexibility index (Phi) is 4.93. The number of amides is 1. The molecule has 0 aliphatic rings. The van der Waals surface area contributed by atoms with Crippen molar-refractivity contribution in [1.82, 2.24) is 19.9 Å². The Morgan fingerprint density at radius 2 is 1.88 bits per heavy atom. The number of aryl methyl sites for hydroxylation is 1. The molecule has 0 aliphatic heterocycles. The highest BCUT2D eigenvalue weighted by molar-refractivity contribution is 5.94. The minimum absolute atomic E-state index is 0.0787. The van der Waals surface area contributed by atoms with E-state index in [4.69, 9.17) is 0 Å². The lowest BCUT2D eigenvalue weighted by Gasteiger charge is -2.26. The molecule has 1 aromatic carbocycles. The Morgan fingerprint density at radius 3 is 2.52 bits per heavy atom. The monoisotopic (exact) mass is 334 g/mol. The molecule has 0 fully saturated rings. The van der Waals surface area contributed by atoms with E-state index in [2.05, 4.69) is 21.9 Å². The summed E-state index contributed by atoms with van der Waals surface area (Å²) >= 11 is 0. The van der Waals surface area contributed by atoms with Crippen molar-refractivity contribution in [2.45, 2.75) is 26.3 Å². The first-order valence-corrected chi connectivity index (χ1v) is 8.42. The molecular formula is C20H22N4O. The molecule has 0 saturated heterocycles. The summed E-state index contributed by atoms with van der Waals surface area (Å²) in [6, 6.07) is 15.5. The first-order chi connectivity index (χ1) is 12.1. The molecule has 2 aromatic heterocycles. The van der Waals surface area contributed by atoms with E-state index in [9.17, 15) is 4.79 Å². The average molecular weight is 334 g/mol. The number of aromatic amines is 1. The van der Waals surface area contributed by atoms with Gasteiger partial charge in [0.2, 0.25) is 0 Å². The Labute approximate surface area is 147 Å². The fraction of sp³-hybridized carbons (Fsp3) is 0.250. The topological polar surface area (TPSA) is 61.9 Å². The molecule has 3 aromatic rings. The minimum atomic E-state index is -0.103. The summed E-state index contributed by atoms with van der Waals surface area (Å²) in [6.45, 7) is 3.93. The van der Waals surface area contributed by atoms with Crippen LogP contribution in [0.5, 0.6) is 0 Å². The van der Waals surface area contributed by atoms with Gasteiger partial charge in [-0.2, -0.15) is 0 Å². The van der Waals surface area contributed by atoms with Gasteiger partial charge in [0, 0.05) is 24.5 Å². The Morgan fingerprint density at radius 1 is 1.16 bits per heavy atom. The number of carbonyl (C=O) groups excluding carboxylic acids is 1. The predicted octanol–water partition coefficient (Wildman–Crippen LogP) is 4.00. The Hall–Kier alpha value is -2.95. The molecule has 0 radical (unpaired) electrons. The molecule has 3 rings (SSSR count). The number of hydrogen-bond acceptors (Lipinski definition) is 3. The van der Waals surface area contributed by atoms with Gasteiger partial charge in [0.15, 0.2) is 0 Å². The molecule has 0 saturated carbocycles. The molecule has 1 atom stereocenters. The second-order valence-electron chi connectivity index (χ2n) is 6.02. The van der Waals surface area contributed by atoms with Crippen molar-refractivity contribution in [3.63, 3.8) is 0 Å². The lowest BCUT2D eigenvalue weighted by molar-refractivity contribution is 0.0716. The number of hydrogen-bond donors (Lipinski definition) is 1. The lowest BCUT2D eigenvalue weighted by Crippen LogP contribution is -2.32. The maximum atomic E-state index is 13.0. The van der Waals surface area contributed by atoms with Crippen LogP contribution in [-0.2, 0) is 0 Å². The zero-order valence-electron chi connectivity index (χ0n) is 14.7. The highest BCUT2D eigenvalue weighted by Crippen LogP contribution is 2.24. The van der Waals surface area contributed by atoms with Crippen LogP contribution in [0.2, 0.25) is 0 Å². The molecule has 0 unspecified atom stereocenters. The van der Waals surface area contributed by atoms with Crippen molar-refractivity contribution in [3.8, 4) is 11.4 Å². The third-order valence-corrected chi connectivity index (χ3v) is 4.34. The van der Waals surface area contributed by atoms with E-state index in [1.807, 2.05) is 62.5 Å². The number of rotatable bonds is 5. The summed E-state index contributed by atoms with van der Waals surface area (Å²) in [5, 5.41) is 0. The number of nitrogens with one attached hydrogen (secondary N) is 1. The van der Waals surface area contributed by atoms with Crippen LogP contribution >= 0.6 is 0 Å². The van der Waals surface area contributed by atoms with Crippen molar-refractivity contribution < 1.29 is 4.79 Å². The third kappa shape index (κ3) is 3.45. The van der Waals surface area contributed by atoms with Gasteiger partial charge in [0.1, 0.15) is 11.5 Å². The molecule has 2 heterocycles. The van der Waals surface area contributed by atoms with E-state index < -0.39 is 0 Å². The highest BCUT2D eigenvalue weighted by Gasteiger charge is 2.25. The van der Waals surface area contributed by atoms with E-state index in [-0.39, 0.29) is 11.9 Å². The molecule has 0 spiro atoms. The van der Waals surface area contributed by atoms with Gasteiger partial charge in [-0.05, 0) is 25.5 Å². The van der Waals surface area contributed by atoms with Gasteiger partial charge >= 0.3 is 0 Å². The van der Waals surface area contributed by atoms with Crippen LogP contribution in [0.25, 0.3) is 11.4 Å². The molecule has 0 aliphatic carbocycles. The lowest BCUT2D eigenvalue weighted by atomic mass is 10.1. The normalized spacial score (nSPS) is 12.0. The van der Waals surface area contributed by atoms with Crippen molar-refractivity contribution >= 4 is 5.91 Å². The van der Waals surface area contributed by atoms with E-state index in [1.165, 1.54) is 0 Å². The average Bonchev–Trinajstić information content (AvgIpc) is 3.05. The SMILES string of the molecule is CC[C@H](c1ccccn1)N(C)C(=O)c1nc(-c2ccccc2)[nH]c1C. The van der Waals surface area contributed by atoms with Crippen molar-refractivity contribution in [3.05, 3.63) is 71.8 Å². The second-order valence-corrected chi connectivity index (χ2v) is 6.02. The first kappa shape index (κ1) is 16.9. The fourth-order valence-corrected chi connectivity index (χ4v) is 2.96. The van der Waals surface area contributed by atoms with E-state index in [0.29, 0.717) is 11.5 Å². The number of carbonyl (C=O) groups is 1. The van der Waals surface area contributed by atoms with Gasteiger partial charge < -0.3 is 9.88 Å². The Balaban J connectivity index is 1.89. The minimum Gasteiger partial charge on any atom is -0.341 e. The quantitative estimate of drug-likeness (QED) is 0.767. The number of aromatic nitrogens is 3. The van der Waals surface area contributed by atoms with Crippen LogP contribution in [-0.4, -0.2) is 32.8 Å². The number of pyridine rings is 1. The van der Waals surface area contributed by atoms with Crippen LogP contribution in [0.1, 0.15) is 41.3 Å². The molecule has 128 valence electrons. The molecule has 25 heavy (non-hydrogen) atoms. The van der Waals surface area contributed by atoms with Crippen LogP contribution in [0.15, 0.2) is 54.7 Å². The van der Waals surface area contributed by atoms with Crippen molar-refractivity contribution in [2.75, 3.05) is 7.05 Å². The summed E-state index contributed by atoms with van der Waals surface area (Å²) in [5.74, 6) is 0.606. The Bertz CT molecular complexity index is 843.